The molecule has 12 nitrogen and oxygen atoms in total. The predicted octanol–water partition coefficient (Wildman–Crippen LogP) is 15.2. The number of carbonyl (C=O) groups excluding carboxylic acids is 4. The maximum absolute atomic E-state index is 14.0. The summed E-state index contributed by atoms with van der Waals surface area (Å²) in [7, 11) is 3.26. The van der Waals surface area contributed by atoms with Crippen LogP contribution in [0.1, 0.15) is 188 Å². The van der Waals surface area contributed by atoms with Crippen LogP contribution in [0.15, 0.2) is 103 Å². The summed E-state index contributed by atoms with van der Waals surface area (Å²) in [5.74, 6) is 5.76. The summed E-state index contributed by atoms with van der Waals surface area (Å²) in [6.45, 7) is 23.8. The molecular weight excluding hydrogens is 1040 g/mol. The first kappa shape index (κ1) is 64.9. The van der Waals surface area contributed by atoms with Gasteiger partial charge in [-0.15, -0.1) is 0 Å². The highest BCUT2D eigenvalue weighted by atomic mass is 16.6. The van der Waals surface area contributed by atoms with Gasteiger partial charge in [-0.1, -0.05) is 160 Å². The lowest BCUT2D eigenvalue weighted by atomic mass is 9.47. The topological polar surface area (TPSA) is 142 Å². The summed E-state index contributed by atoms with van der Waals surface area (Å²) < 4.78 is 30.5. The van der Waals surface area contributed by atoms with Crippen molar-refractivity contribution in [2.45, 2.75) is 189 Å². The summed E-state index contributed by atoms with van der Waals surface area (Å²) in [6, 6.07) is 25.5. The van der Waals surface area contributed by atoms with Crippen LogP contribution in [0.4, 0.5) is 4.79 Å². The molecule has 0 radical (unpaired) electrons. The Balaban J connectivity index is 0.00000190. The van der Waals surface area contributed by atoms with Gasteiger partial charge in [-0.3, -0.25) is 14.4 Å². The molecule has 10 atom stereocenters. The Hall–Kier alpha value is -5.62. The summed E-state index contributed by atoms with van der Waals surface area (Å²) >= 11 is 0. The number of unbranched alkanes of at least 4 members (excludes halogenated alkanes) is 2. The quantitative estimate of drug-likeness (QED) is 0.0348. The lowest BCUT2D eigenvalue weighted by Gasteiger charge is -2.58. The van der Waals surface area contributed by atoms with Crippen LogP contribution in [-0.2, 0) is 34.2 Å². The van der Waals surface area contributed by atoms with Crippen molar-refractivity contribution in [2.75, 3.05) is 40.5 Å². The Morgan fingerprint density at radius 1 is 0.735 bits per heavy atom. The number of carbonyl (C=O) groups is 4. The minimum Gasteiger partial charge on any atom is -0.497 e. The van der Waals surface area contributed by atoms with Gasteiger partial charge in [0.2, 0.25) is 11.8 Å². The summed E-state index contributed by atoms with van der Waals surface area (Å²) in [6.07, 6.45) is 19.8. The number of ether oxygens (including phenoxy) is 5. The number of hydrogen-bond acceptors (Lipinski definition) is 9. The molecule has 0 spiro atoms. The first-order chi connectivity index (χ1) is 39.9. The molecule has 5 aliphatic rings. The third kappa shape index (κ3) is 16.2. The fourth-order valence-electron chi connectivity index (χ4n) is 15.1. The number of allylic oxidation sites excluding steroid dienone is 1. The molecule has 10 unspecified atom stereocenters. The van der Waals surface area contributed by atoms with E-state index in [1.165, 1.54) is 69.6 Å². The molecule has 4 aliphatic carbocycles. The molecule has 1 aliphatic heterocycles. The van der Waals surface area contributed by atoms with E-state index in [0.717, 1.165) is 83.8 Å². The van der Waals surface area contributed by atoms with Crippen LogP contribution >= 0.6 is 0 Å². The smallest absolute Gasteiger partial charge is 0.407 e. The second-order valence-corrected chi connectivity index (χ2v) is 26.3. The van der Waals surface area contributed by atoms with E-state index in [1.807, 2.05) is 78.9 Å². The number of methoxy groups -OCH3 is 2. The first-order valence-corrected chi connectivity index (χ1v) is 31.9. The molecule has 1 heterocycles. The number of fused-ring (bicyclic) bond motifs is 5. The molecule has 3 aromatic rings. The van der Waals surface area contributed by atoms with E-state index in [0.29, 0.717) is 49.3 Å². The average molecular weight is 1140 g/mol. The Labute approximate surface area is 499 Å². The largest absolute Gasteiger partial charge is 0.497 e. The second kappa shape index (κ2) is 30.5. The molecular formula is C71H103N3O9. The maximum Gasteiger partial charge on any atom is 0.407 e. The zero-order valence-electron chi connectivity index (χ0n) is 52.3. The van der Waals surface area contributed by atoms with Gasteiger partial charge in [0.15, 0.2) is 0 Å². The summed E-state index contributed by atoms with van der Waals surface area (Å²) in [5, 5.41) is 5.51. The molecule has 83 heavy (non-hydrogen) atoms. The fraction of sp³-hybridized carbons (Fsp3) is 0.634. The lowest BCUT2D eigenvalue weighted by Crippen LogP contribution is -2.51. The highest BCUT2D eigenvalue weighted by molar-refractivity contribution is 5.82. The van der Waals surface area contributed by atoms with Crippen LogP contribution in [-0.4, -0.2) is 81.4 Å². The first-order valence-electron chi connectivity index (χ1n) is 31.9. The number of rotatable bonds is 26. The van der Waals surface area contributed by atoms with Crippen molar-refractivity contribution >= 4 is 23.9 Å². The number of nitrogens with zero attached hydrogens (tertiary/aromatic N) is 1. The van der Waals surface area contributed by atoms with Crippen LogP contribution < -0.4 is 20.1 Å². The summed E-state index contributed by atoms with van der Waals surface area (Å²) in [5.41, 5.74) is 3.66. The van der Waals surface area contributed by atoms with Gasteiger partial charge in [-0.2, -0.15) is 0 Å². The molecule has 3 amide bonds. The number of nitrogens with one attached hydrogen (secondary N) is 2. The molecule has 456 valence electrons. The van der Waals surface area contributed by atoms with E-state index in [9.17, 15) is 19.2 Å². The molecule has 0 bridgehead atoms. The molecule has 8 rings (SSSR count). The van der Waals surface area contributed by atoms with Gasteiger partial charge < -0.3 is 39.2 Å². The fourth-order valence-corrected chi connectivity index (χ4v) is 15.1. The maximum atomic E-state index is 14.0. The van der Waals surface area contributed by atoms with Crippen molar-refractivity contribution < 1.29 is 42.9 Å². The predicted molar refractivity (Wildman–Crippen MR) is 331 cm³/mol. The van der Waals surface area contributed by atoms with Crippen LogP contribution in [0.25, 0.3) is 0 Å². The van der Waals surface area contributed by atoms with Crippen molar-refractivity contribution in [3.05, 3.63) is 120 Å². The van der Waals surface area contributed by atoms with Crippen LogP contribution in [0.5, 0.6) is 11.5 Å². The van der Waals surface area contributed by atoms with Crippen molar-refractivity contribution in [1.29, 1.82) is 0 Å². The van der Waals surface area contributed by atoms with Crippen LogP contribution in [0.2, 0.25) is 0 Å². The highest BCUT2D eigenvalue weighted by Crippen LogP contribution is 2.67. The third-order valence-corrected chi connectivity index (χ3v) is 20.2. The number of likely N-dealkylation sites (tertiary alicyclic amines) is 1. The number of amides is 3. The van der Waals surface area contributed by atoms with Gasteiger partial charge in [-0.05, 0) is 157 Å². The highest BCUT2D eigenvalue weighted by Gasteiger charge is 2.59. The van der Waals surface area contributed by atoms with Crippen LogP contribution in [0.3, 0.4) is 0 Å². The Bertz CT molecular complexity index is 2530. The molecule has 0 aromatic heterocycles. The van der Waals surface area contributed by atoms with Gasteiger partial charge in [0.1, 0.15) is 29.3 Å². The van der Waals surface area contributed by atoms with Gasteiger partial charge in [0.05, 0.1) is 33.8 Å². The van der Waals surface area contributed by atoms with Crippen LogP contribution in [0, 0.1) is 58.2 Å². The molecule has 2 N–H and O–H groups in total. The van der Waals surface area contributed by atoms with E-state index < -0.39 is 17.7 Å². The van der Waals surface area contributed by atoms with E-state index >= 15 is 0 Å². The number of alkyl carbamates (subject to hydrolysis) is 1. The van der Waals surface area contributed by atoms with Crippen molar-refractivity contribution in [3.8, 4) is 11.5 Å². The van der Waals surface area contributed by atoms with Gasteiger partial charge >= 0.3 is 12.1 Å². The van der Waals surface area contributed by atoms with E-state index in [1.54, 1.807) is 19.1 Å². The molecule has 1 saturated heterocycles. The Kier molecular flexibility index (Phi) is 23.8. The minimum atomic E-state index is -1.12. The molecule has 4 fully saturated rings. The normalized spacial score (nSPS) is 25.8. The lowest BCUT2D eigenvalue weighted by molar-refractivity contribution is -0.153. The number of esters is 1. The minimum absolute atomic E-state index is 0.0413. The standard InChI is InChI=1S/C66H91N3O9.C5H12/c1-9-67-60(70)34-35-62(72)78-59-43-69(42-47(59)44-76-66(48-19-12-10-13-20-48,49-22-27-52(74-7)28-23-49)50-24-29-53(75-8)30-25-50)61(71)21-14-11-15-40-68-63(73)77-54-36-38-64(5)51(41-54)26-31-55-57-33-32-56(46(4)18-16-17-45(2)3)65(57,6)39-37-58(55)64;1-4-5(2)3/h9-10,12-13,19-20,22-30,45-47,54-59H,1,11,14-18,21,31-44H2,2-8H3,(H,67,70)(H,68,73);5H,4H2,1-3H3. The van der Waals surface area contributed by atoms with Crippen molar-refractivity contribution in [3.63, 3.8) is 0 Å². The SMILES string of the molecule is C=CNC(=O)CCC(=O)OC1CN(C(=O)CCCCCNC(=O)OC2CCC3(C)C(=CCC4C3CCC3(C)C(C(C)CCCC(C)C)CCC43)C2)CC1COC(c1ccccc1)(c1ccc(OC)cc1)c1ccc(OC)cc1.CCC(C)C. The average Bonchev–Trinajstić information content (AvgIpc) is 4.27. The Morgan fingerprint density at radius 2 is 1.40 bits per heavy atom. The number of hydrogen-bond donors (Lipinski definition) is 2. The van der Waals surface area contributed by atoms with E-state index in [4.69, 9.17) is 23.7 Å². The van der Waals surface area contributed by atoms with Crippen molar-refractivity contribution in [2.24, 2.45) is 58.2 Å². The molecule has 12 heteroatoms. The molecule has 3 saturated carbocycles. The number of benzene rings is 3. The third-order valence-electron chi connectivity index (χ3n) is 20.2. The zero-order chi connectivity index (χ0) is 59.7. The second-order valence-electron chi connectivity index (χ2n) is 26.3. The summed E-state index contributed by atoms with van der Waals surface area (Å²) in [4.78, 5) is 54.5. The van der Waals surface area contributed by atoms with Gasteiger partial charge in [0.25, 0.3) is 0 Å². The van der Waals surface area contributed by atoms with Gasteiger partial charge in [-0.25, -0.2) is 4.79 Å². The van der Waals surface area contributed by atoms with Crippen molar-refractivity contribution in [1.82, 2.24) is 15.5 Å². The van der Waals surface area contributed by atoms with Gasteiger partial charge in [0, 0.05) is 38.3 Å². The Morgan fingerprint density at radius 3 is 2.02 bits per heavy atom. The zero-order valence-corrected chi connectivity index (χ0v) is 52.3. The van der Waals surface area contributed by atoms with E-state index in [2.05, 4.69) is 78.7 Å². The molecule has 3 aromatic carbocycles. The van der Waals surface area contributed by atoms with E-state index in [-0.39, 0.29) is 61.3 Å². The monoisotopic (exact) mass is 1140 g/mol.